The van der Waals surface area contributed by atoms with Gasteiger partial charge in [0.2, 0.25) is 0 Å². The van der Waals surface area contributed by atoms with Gasteiger partial charge in [-0.15, -0.1) is 0 Å². The Bertz CT molecular complexity index is 882. The lowest BCUT2D eigenvalue weighted by Crippen LogP contribution is -2.40. The van der Waals surface area contributed by atoms with Gasteiger partial charge in [-0.3, -0.25) is 14.3 Å². The molecule has 4 rings (SSSR count). The molecule has 0 radical (unpaired) electrons. The SMILES string of the molecule is Cc1ccc(C(=O)N2CCOCC2)cc1NC(=O)c1ccn(C2CCCNC2)n1. The van der Waals surface area contributed by atoms with Crippen LogP contribution >= 0.6 is 0 Å². The van der Waals surface area contributed by atoms with Gasteiger partial charge in [0.15, 0.2) is 5.69 Å². The molecule has 0 spiro atoms. The third kappa shape index (κ3) is 4.49. The van der Waals surface area contributed by atoms with E-state index in [0.717, 1.165) is 31.5 Å². The second kappa shape index (κ2) is 8.75. The summed E-state index contributed by atoms with van der Waals surface area (Å²) in [5, 5.41) is 10.7. The molecular formula is C21H27N5O3. The van der Waals surface area contributed by atoms with Crippen LogP contribution in [0.2, 0.25) is 0 Å². The highest BCUT2D eigenvalue weighted by molar-refractivity contribution is 6.04. The second-order valence-corrected chi connectivity index (χ2v) is 7.57. The summed E-state index contributed by atoms with van der Waals surface area (Å²) in [6.07, 6.45) is 4.02. The van der Waals surface area contributed by atoms with Gasteiger partial charge in [0.25, 0.3) is 11.8 Å². The van der Waals surface area contributed by atoms with Crippen molar-refractivity contribution < 1.29 is 14.3 Å². The van der Waals surface area contributed by atoms with Gasteiger partial charge in [-0.2, -0.15) is 5.10 Å². The van der Waals surface area contributed by atoms with Crippen LogP contribution < -0.4 is 10.6 Å². The molecule has 2 N–H and O–H groups in total. The summed E-state index contributed by atoms with van der Waals surface area (Å²) in [5.74, 6) is -0.315. The van der Waals surface area contributed by atoms with Crippen molar-refractivity contribution in [2.24, 2.45) is 0 Å². The normalized spacial score (nSPS) is 19.8. The number of nitrogens with zero attached hydrogens (tertiary/aromatic N) is 3. The first-order valence-electron chi connectivity index (χ1n) is 10.2. The van der Waals surface area contributed by atoms with Gasteiger partial charge in [-0.25, -0.2) is 0 Å². The zero-order valence-corrected chi connectivity index (χ0v) is 16.7. The molecule has 1 aromatic heterocycles. The zero-order chi connectivity index (χ0) is 20.2. The number of nitrogens with one attached hydrogen (secondary N) is 2. The Morgan fingerprint density at radius 1 is 1.24 bits per heavy atom. The van der Waals surface area contributed by atoms with Gasteiger partial charge in [0.05, 0.1) is 19.3 Å². The van der Waals surface area contributed by atoms with Gasteiger partial charge >= 0.3 is 0 Å². The van der Waals surface area contributed by atoms with Crippen LogP contribution in [0.25, 0.3) is 0 Å². The number of anilines is 1. The van der Waals surface area contributed by atoms with Crippen molar-refractivity contribution in [3.8, 4) is 0 Å². The molecule has 2 fully saturated rings. The number of carbonyl (C=O) groups excluding carboxylic acids is 2. The first-order valence-corrected chi connectivity index (χ1v) is 10.2. The lowest BCUT2D eigenvalue weighted by Gasteiger charge is -2.27. The van der Waals surface area contributed by atoms with Crippen LogP contribution in [0.5, 0.6) is 0 Å². The fraction of sp³-hybridized carbons (Fsp3) is 0.476. The average Bonchev–Trinajstić information content (AvgIpc) is 3.26. The fourth-order valence-electron chi connectivity index (χ4n) is 3.75. The monoisotopic (exact) mass is 397 g/mol. The molecule has 1 aromatic carbocycles. The summed E-state index contributed by atoms with van der Waals surface area (Å²) in [5.41, 5.74) is 2.46. The highest BCUT2D eigenvalue weighted by atomic mass is 16.5. The Morgan fingerprint density at radius 3 is 2.83 bits per heavy atom. The van der Waals surface area contributed by atoms with Gasteiger partial charge in [0.1, 0.15) is 0 Å². The van der Waals surface area contributed by atoms with Crippen LogP contribution in [0.4, 0.5) is 5.69 Å². The van der Waals surface area contributed by atoms with Crippen molar-refractivity contribution in [1.29, 1.82) is 0 Å². The maximum absolute atomic E-state index is 12.7. The maximum Gasteiger partial charge on any atom is 0.276 e. The standard InChI is InChI=1S/C21H27N5O3/c1-15-4-5-16(21(28)25-9-11-29-12-10-25)13-19(15)23-20(27)18-6-8-26(24-18)17-3-2-7-22-14-17/h4-6,8,13,17,22H,2-3,7,9-12,14H2,1H3,(H,23,27). The van der Waals surface area contributed by atoms with Gasteiger partial charge in [-0.1, -0.05) is 6.07 Å². The number of aryl methyl sites for hydroxylation is 1. The highest BCUT2D eigenvalue weighted by Gasteiger charge is 2.21. The number of hydrogen-bond donors (Lipinski definition) is 2. The molecule has 1 atom stereocenters. The summed E-state index contributed by atoms with van der Waals surface area (Å²) >= 11 is 0. The first-order chi connectivity index (χ1) is 14.1. The van der Waals surface area contributed by atoms with Gasteiger partial charge < -0.3 is 20.3 Å². The molecule has 8 heteroatoms. The fourth-order valence-corrected chi connectivity index (χ4v) is 3.75. The summed E-state index contributed by atoms with van der Waals surface area (Å²) in [6.45, 7) is 6.09. The lowest BCUT2D eigenvalue weighted by atomic mass is 10.1. The Balaban J connectivity index is 1.46. The Labute approximate surface area is 170 Å². The predicted molar refractivity (Wildman–Crippen MR) is 109 cm³/mol. The molecule has 0 saturated carbocycles. The van der Waals surface area contributed by atoms with Crippen LogP contribution in [0.3, 0.4) is 0 Å². The smallest absolute Gasteiger partial charge is 0.276 e. The van der Waals surface area contributed by atoms with Crippen molar-refractivity contribution >= 4 is 17.5 Å². The number of amides is 2. The van der Waals surface area contributed by atoms with E-state index in [9.17, 15) is 9.59 Å². The topological polar surface area (TPSA) is 88.5 Å². The van der Waals surface area contributed by atoms with E-state index in [2.05, 4.69) is 15.7 Å². The molecule has 2 aliphatic rings. The minimum Gasteiger partial charge on any atom is -0.378 e. The first kappa shape index (κ1) is 19.6. The Hall–Kier alpha value is -2.71. The van der Waals surface area contributed by atoms with Crippen molar-refractivity contribution in [2.45, 2.75) is 25.8 Å². The molecule has 1 unspecified atom stereocenters. The maximum atomic E-state index is 12.7. The molecule has 2 saturated heterocycles. The van der Waals surface area contributed by atoms with Crippen molar-refractivity contribution in [3.63, 3.8) is 0 Å². The second-order valence-electron chi connectivity index (χ2n) is 7.57. The molecule has 154 valence electrons. The number of aromatic nitrogens is 2. The zero-order valence-electron chi connectivity index (χ0n) is 16.7. The Morgan fingerprint density at radius 2 is 2.07 bits per heavy atom. The molecule has 0 bridgehead atoms. The van der Waals surface area contributed by atoms with Crippen molar-refractivity contribution in [2.75, 3.05) is 44.7 Å². The number of hydrogen-bond acceptors (Lipinski definition) is 5. The van der Waals surface area contributed by atoms with E-state index in [0.29, 0.717) is 43.2 Å². The minimum atomic E-state index is -0.272. The van der Waals surface area contributed by atoms with Crippen LogP contribution in [0.1, 0.15) is 45.3 Å². The number of benzene rings is 1. The largest absolute Gasteiger partial charge is 0.378 e. The minimum absolute atomic E-state index is 0.0436. The van der Waals surface area contributed by atoms with E-state index in [1.165, 1.54) is 0 Å². The van der Waals surface area contributed by atoms with Crippen LogP contribution in [0.15, 0.2) is 30.5 Å². The van der Waals surface area contributed by atoms with E-state index in [-0.39, 0.29) is 17.9 Å². The quantitative estimate of drug-likeness (QED) is 0.822. The summed E-state index contributed by atoms with van der Waals surface area (Å²) < 4.78 is 7.18. The van der Waals surface area contributed by atoms with Crippen molar-refractivity contribution in [1.82, 2.24) is 20.0 Å². The van der Waals surface area contributed by atoms with E-state index in [1.54, 1.807) is 23.1 Å². The molecule has 2 aromatic rings. The average molecular weight is 397 g/mol. The molecule has 8 nitrogen and oxygen atoms in total. The molecule has 29 heavy (non-hydrogen) atoms. The van der Waals surface area contributed by atoms with Gasteiger partial charge in [-0.05, 0) is 50.1 Å². The predicted octanol–water partition coefficient (Wildman–Crippen LogP) is 1.84. The van der Waals surface area contributed by atoms with Crippen LogP contribution in [-0.2, 0) is 4.74 Å². The van der Waals surface area contributed by atoms with Crippen LogP contribution in [-0.4, -0.2) is 65.9 Å². The lowest BCUT2D eigenvalue weighted by molar-refractivity contribution is 0.0303. The number of ether oxygens (including phenoxy) is 1. The van der Waals surface area contributed by atoms with E-state index in [1.807, 2.05) is 23.9 Å². The molecule has 3 heterocycles. The number of piperidine rings is 1. The van der Waals surface area contributed by atoms with Crippen molar-refractivity contribution in [3.05, 3.63) is 47.3 Å². The van der Waals surface area contributed by atoms with Gasteiger partial charge in [0, 0.05) is 37.1 Å². The summed E-state index contributed by atoms with van der Waals surface area (Å²) in [6, 6.07) is 7.42. The number of morpholine rings is 1. The molecule has 0 aliphatic carbocycles. The molecule has 2 aliphatic heterocycles. The van der Waals surface area contributed by atoms with E-state index >= 15 is 0 Å². The summed E-state index contributed by atoms with van der Waals surface area (Å²) in [7, 11) is 0. The molecular weight excluding hydrogens is 370 g/mol. The Kier molecular flexibility index (Phi) is 5.92. The third-order valence-electron chi connectivity index (χ3n) is 5.52. The van der Waals surface area contributed by atoms with Crippen LogP contribution in [0, 0.1) is 6.92 Å². The van der Waals surface area contributed by atoms with E-state index in [4.69, 9.17) is 4.74 Å². The third-order valence-corrected chi connectivity index (χ3v) is 5.52. The number of carbonyl (C=O) groups is 2. The summed E-state index contributed by atoms with van der Waals surface area (Å²) in [4.78, 5) is 27.2. The highest BCUT2D eigenvalue weighted by Crippen LogP contribution is 2.20. The number of rotatable bonds is 4. The van der Waals surface area contributed by atoms with E-state index < -0.39 is 0 Å². The molecule has 2 amide bonds.